The molecule has 1 N–H and O–H groups in total. The number of halogens is 1. The normalized spacial score (nSPS) is 24.0. The van der Waals surface area contributed by atoms with Gasteiger partial charge in [0.15, 0.2) is 0 Å². The average molecular weight is 490 g/mol. The summed E-state index contributed by atoms with van der Waals surface area (Å²) in [6.07, 6.45) is 1.98. The van der Waals surface area contributed by atoms with Gasteiger partial charge < -0.3 is 10.1 Å². The fourth-order valence-corrected chi connectivity index (χ4v) is 4.63. The number of nitrogens with one attached hydrogen (secondary N) is 1. The number of hydrogen-bond acceptors (Lipinski definition) is 3. The van der Waals surface area contributed by atoms with Crippen molar-refractivity contribution >= 4 is 28.7 Å². The van der Waals surface area contributed by atoms with Crippen molar-refractivity contribution in [2.75, 3.05) is 19.6 Å². The number of hydrogen-bond donors (Lipinski definition) is 1. The summed E-state index contributed by atoms with van der Waals surface area (Å²) in [5.74, 6) is 0.517. The molecule has 0 saturated carbocycles. The molecule has 5 heteroatoms. The minimum atomic E-state index is -0.510. The Bertz CT molecular complexity index is 842. The Kier molecular flexibility index (Phi) is 5.65. The van der Waals surface area contributed by atoms with Crippen LogP contribution in [0.1, 0.15) is 32.3 Å². The molecule has 0 aliphatic carbocycles. The van der Waals surface area contributed by atoms with Crippen LogP contribution < -0.4 is 5.32 Å². The fourth-order valence-electron chi connectivity index (χ4n) is 4.27. The average Bonchev–Trinajstić information content (AvgIpc) is 2.69. The second kappa shape index (κ2) is 8.03. The summed E-state index contributed by atoms with van der Waals surface area (Å²) < 4.78 is 7.04. The highest BCUT2D eigenvalue weighted by Gasteiger charge is 2.37. The number of piperidine rings is 3. The lowest BCUT2D eigenvalue weighted by Crippen LogP contribution is -2.53. The van der Waals surface area contributed by atoms with Gasteiger partial charge in [0.1, 0.15) is 6.10 Å². The van der Waals surface area contributed by atoms with Gasteiger partial charge in [-0.25, -0.2) is 4.79 Å². The first kappa shape index (κ1) is 19.7. The van der Waals surface area contributed by atoms with E-state index in [2.05, 4.69) is 75.3 Å². The molecule has 2 aromatic carbocycles. The predicted molar refractivity (Wildman–Crippen MR) is 120 cm³/mol. The van der Waals surface area contributed by atoms with E-state index in [9.17, 15) is 4.79 Å². The lowest BCUT2D eigenvalue weighted by Gasteiger charge is -2.44. The van der Waals surface area contributed by atoms with Crippen molar-refractivity contribution in [2.45, 2.75) is 38.3 Å². The number of carbonyl (C=O) groups excluding carboxylic acids is 1. The van der Waals surface area contributed by atoms with Gasteiger partial charge in [0.05, 0.1) is 5.54 Å². The van der Waals surface area contributed by atoms with E-state index >= 15 is 0 Å². The topological polar surface area (TPSA) is 41.6 Å². The molecule has 4 nitrogen and oxygen atoms in total. The molecule has 28 heavy (non-hydrogen) atoms. The summed E-state index contributed by atoms with van der Waals surface area (Å²) in [6, 6.07) is 16.8. The molecule has 2 bridgehead atoms. The van der Waals surface area contributed by atoms with Crippen LogP contribution in [0.3, 0.4) is 0 Å². The van der Waals surface area contributed by atoms with Crippen molar-refractivity contribution in [3.8, 4) is 11.1 Å². The van der Waals surface area contributed by atoms with Crippen LogP contribution in [-0.2, 0) is 10.3 Å². The summed E-state index contributed by atoms with van der Waals surface area (Å²) in [6.45, 7) is 7.21. The van der Waals surface area contributed by atoms with Gasteiger partial charge in [-0.3, -0.25) is 4.90 Å². The maximum Gasteiger partial charge on any atom is 0.408 e. The van der Waals surface area contributed by atoms with Gasteiger partial charge in [-0.1, -0.05) is 30.3 Å². The van der Waals surface area contributed by atoms with Gasteiger partial charge in [-0.15, -0.1) is 0 Å². The quantitative estimate of drug-likeness (QED) is 0.613. The van der Waals surface area contributed by atoms with Crippen LogP contribution in [0.15, 0.2) is 48.5 Å². The largest absolute Gasteiger partial charge is 0.445 e. The zero-order valence-corrected chi connectivity index (χ0v) is 18.6. The molecule has 3 saturated heterocycles. The van der Waals surface area contributed by atoms with Crippen LogP contribution in [-0.4, -0.2) is 36.7 Å². The summed E-state index contributed by atoms with van der Waals surface area (Å²) in [5.41, 5.74) is 2.88. The molecule has 1 unspecified atom stereocenters. The molecular formula is C23H27IN2O2. The van der Waals surface area contributed by atoms with Gasteiger partial charge in [0.2, 0.25) is 0 Å². The number of ether oxygens (including phenoxy) is 1. The highest BCUT2D eigenvalue weighted by atomic mass is 127. The third-order valence-electron chi connectivity index (χ3n) is 6.03. The molecule has 2 aromatic rings. The van der Waals surface area contributed by atoms with Gasteiger partial charge >= 0.3 is 6.09 Å². The fraction of sp³-hybridized carbons (Fsp3) is 0.435. The van der Waals surface area contributed by atoms with E-state index in [1.165, 1.54) is 9.13 Å². The molecule has 0 radical (unpaired) electrons. The van der Waals surface area contributed by atoms with Crippen molar-refractivity contribution in [3.05, 3.63) is 57.7 Å². The monoisotopic (exact) mass is 490 g/mol. The number of carbonyl (C=O) groups is 1. The first-order valence-corrected chi connectivity index (χ1v) is 11.1. The van der Waals surface area contributed by atoms with Gasteiger partial charge in [0, 0.05) is 10.1 Å². The summed E-state index contributed by atoms with van der Waals surface area (Å²) in [5, 5.41) is 3.09. The zero-order chi connectivity index (χ0) is 19.7. The number of benzene rings is 2. The second-order valence-corrected chi connectivity index (χ2v) is 9.67. The van der Waals surface area contributed by atoms with Gasteiger partial charge in [-0.05, 0) is 103 Å². The Labute approximate surface area is 180 Å². The lowest BCUT2D eigenvalue weighted by molar-refractivity contribution is -0.0349. The van der Waals surface area contributed by atoms with Crippen LogP contribution >= 0.6 is 22.6 Å². The molecule has 0 spiro atoms. The van der Waals surface area contributed by atoms with Gasteiger partial charge in [0.25, 0.3) is 0 Å². The molecule has 148 valence electrons. The summed E-state index contributed by atoms with van der Waals surface area (Å²) >= 11 is 2.31. The van der Waals surface area contributed by atoms with Crippen molar-refractivity contribution in [2.24, 2.45) is 5.92 Å². The minimum Gasteiger partial charge on any atom is -0.445 e. The highest BCUT2D eigenvalue weighted by Crippen LogP contribution is 2.30. The number of fused-ring (bicyclic) bond motifs is 3. The van der Waals surface area contributed by atoms with E-state index in [0.717, 1.165) is 43.6 Å². The molecule has 3 aliphatic rings. The maximum absolute atomic E-state index is 12.6. The first-order chi connectivity index (χ1) is 13.4. The van der Waals surface area contributed by atoms with E-state index in [-0.39, 0.29) is 12.2 Å². The second-order valence-electron chi connectivity index (χ2n) is 8.42. The smallest absolute Gasteiger partial charge is 0.408 e. The maximum atomic E-state index is 12.6. The van der Waals surface area contributed by atoms with Crippen LogP contribution in [0.5, 0.6) is 0 Å². The first-order valence-electron chi connectivity index (χ1n) is 9.98. The van der Waals surface area contributed by atoms with Crippen molar-refractivity contribution < 1.29 is 9.53 Å². The van der Waals surface area contributed by atoms with Crippen LogP contribution in [0.4, 0.5) is 4.79 Å². The molecule has 3 fully saturated rings. The third-order valence-corrected chi connectivity index (χ3v) is 6.75. The minimum absolute atomic E-state index is 0.0245. The molecule has 1 atom stereocenters. The lowest BCUT2D eigenvalue weighted by atomic mass is 9.86. The van der Waals surface area contributed by atoms with Crippen molar-refractivity contribution in [3.63, 3.8) is 0 Å². The Balaban J connectivity index is 1.45. The number of amides is 1. The van der Waals surface area contributed by atoms with Crippen LogP contribution in [0.25, 0.3) is 11.1 Å². The molecule has 3 heterocycles. The molecular weight excluding hydrogens is 463 g/mol. The van der Waals surface area contributed by atoms with E-state index in [0.29, 0.717) is 5.92 Å². The Hall–Kier alpha value is -1.60. The Morgan fingerprint density at radius 3 is 2.46 bits per heavy atom. The van der Waals surface area contributed by atoms with E-state index < -0.39 is 5.54 Å². The van der Waals surface area contributed by atoms with Crippen LogP contribution in [0.2, 0.25) is 0 Å². The van der Waals surface area contributed by atoms with E-state index in [1.807, 2.05) is 19.9 Å². The van der Waals surface area contributed by atoms with Crippen molar-refractivity contribution in [1.82, 2.24) is 10.2 Å². The Morgan fingerprint density at radius 2 is 1.82 bits per heavy atom. The third kappa shape index (κ3) is 4.35. The number of rotatable bonds is 4. The van der Waals surface area contributed by atoms with Gasteiger partial charge in [-0.2, -0.15) is 0 Å². The van der Waals surface area contributed by atoms with E-state index in [1.54, 1.807) is 0 Å². The number of alkyl carbamates (subject to hydrolysis) is 1. The number of nitrogens with zero attached hydrogens (tertiary/aromatic N) is 1. The van der Waals surface area contributed by atoms with Crippen LogP contribution in [0, 0.1) is 9.49 Å². The van der Waals surface area contributed by atoms with Crippen molar-refractivity contribution in [1.29, 1.82) is 0 Å². The Morgan fingerprint density at radius 1 is 1.11 bits per heavy atom. The molecule has 3 aliphatic heterocycles. The predicted octanol–water partition coefficient (Wildman–Crippen LogP) is 5.01. The van der Waals surface area contributed by atoms with E-state index in [4.69, 9.17) is 4.74 Å². The summed E-state index contributed by atoms with van der Waals surface area (Å²) in [4.78, 5) is 15.0. The highest BCUT2D eigenvalue weighted by molar-refractivity contribution is 14.1. The molecule has 0 aromatic heterocycles. The summed E-state index contributed by atoms with van der Waals surface area (Å²) in [7, 11) is 0. The molecule has 1 amide bonds. The zero-order valence-electron chi connectivity index (χ0n) is 16.5. The SMILES string of the molecule is CC(C)(NC(=O)OC1CN2CCC1CC2)c1cccc(-c2ccc(I)cc2)c1. The standard InChI is InChI=1S/C23H27IN2O2/c1-23(2,25-22(27)28-21-15-26-12-10-17(21)11-13-26)19-5-3-4-18(14-19)16-6-8-20(24)9-7-16/h3-9,14,17,21H,10-13,15H2,1-2H3,(H,25,27). The molecule has 5 rings (SSSR count).